The highest BCUT2D eigenvalue weighted by Crippen LogP contribution is 2.36. The molecule has 0 heterocycles. The number of nitrogens with one attached hydrogen (secondary N) is 1. The number of hydrogen-bond acceptors (Lipinski definition) is 4. The molecule has 2 aromatic rings. The largest absolute Gasteiger partial charge is 0.491 e. The summed E-state index contributed by atoms with van der Waals surface area (Å²) in [4.78, 5) is 11.0. The van der Waals surface area contributed by atoms with Gasteiger partial charge >= 0.3 is 5.97 Å². The number of aromatic carboxylic acids is 1. The van der Waals surface area contributed by atoms with E-state index in [-0.39, 0.29) is 5.56 Å². The summed E-state index contributed by atoms with van der Waals surface area (Å²) >= 11 is 6.21. The zero-order valence-electron chi connectivity index (χ0n) is 12.9. The van der Waals surface area contributed by atoms with Crippen molar-refractivity contribution in [2.24, 2.45) is 0 Å². The van der Waals surface area contributed by atoms with Crippen molar-refractivity contribution in [2.75, 3.05) is 19.0 Å². The second-order valence-corrected chi connectivity index (χ2v) is 5.19. The summed E-state index contributed by atoms with van der Waals surface area (Å²) < 4.78 is 10.8. The molecule has 0 aliphatic heterocycles. The molecule has 2 N–H and O–H groups in total. The van der Waals surface area contributed by atoms with Gasteiger partial charge in [-0.1, -0.05) is 17.7 Å². The van der Waals surface area contributed by atoms with E-state index in [9.17, 15) is 4.79 Å². The first-order valence-electron chi connectivity index (χ1n) is 7.11. The molecule has 0 fully saturated rings. The first-order chi connectivity index (χ1) is 11.0. The standard InChI is InChI=1S/C17H18ClNO4/c1-3-23-15-8-11(7-14(18)16(15)22-2)10-19-13-6-4-5-12(9-13)17(20)21/h4-9,19H,3,10H2,1-2H3,(H,20,21). The lowest BCUT2D eigenvalue weighted by molar-refractivity contribution is 0.0697. The van der Waals surface area contributed by atoms with Crippen LogP contribution in [-0.2, 0) is 6.54 Å². The predicted octanol–water partition coefficient (Wildman–Crippen LogP) is 4.06. The van der Waals surface area contributed by atoms with Gasteiger partial charge in [0, 0.05) is 12.2 Å². The molecule has 5 nitrogen and oxygen atoms in total. The summed E-state index contributed by atoms with van der Waals surface area (Å²) in [7, 11) is 1.54. The van der Waals surface area contributed by atoms with Crippen LogP contribution in [0.4, 0.5) is 5.69 Å². The van der Waals surface area contributed by atoms with Crippen LogP contribution in [0.15, 0.2) is 36.4 Å². The number of anilines is 1. The van der Waals surface area contributed by atoms with E-state index in [1.54, 1.807) is 37.4 Å². The van der Waals surface area contributed by atoms with Gasteiger partial charge in [0.1, 0.15) is 0 Å². The smallest absolute Gasteiger partial charge is 0.335 e. The molecule has 0 spiro atoms. The van der Waals surface area contributed by atoms with Crippen LogP contribution in [0.5, 0.6) is 11.5 Å². The lowest BCUT2D eigenvalue weighted by Gasteiger charge is -2.14. The van der Waals surface area contributed by atoms with Crippen molar-refractivity contribution in [3.8, 4) is 11.5 Å². The number of methoxy groups -OCH3 is 1. The average Bonchev–Trinajstić information content (AvgIpc) is 2.53. The van der Waals surface area contributed by atoms with Crippen molar-refractivity contribution in [3.05, 3.63) is 52.5 Å². The molecule has 0 unspecified atom stereocenters. The van der Waals surface area contributed by atoms with E-state index in [0.29, 0.717) is 29.7 Å². The molecule has 23 heavy (non-hydrogen) atoms. The molecule has 0 saturated heterocycles. The Balaban J connectivity index is 2.17. The van der Waals surface area contributed by atoms with Crippen molar-refractivity contribution in [2.45, 2.75) is 13.5 Å². The van der Waals surface area contributed by atoms with Crippen LogP contribution in [0.1, 0.15) is 22.8 Å². The zero-order chi connectivity index (χ0) is 16.8. The maximum atomic E-state index is 11.0. The highest BCUT2D eigenvalue weighted by atomic mass is 35.5. The molecule has 122 valence electrons. The van der Waals surface area contributed by atoms with Crippen LogP contribution < -0.4 is 14.8 Å². The SMILES string of the molecule is CCOc1cc(CNc2cccc(C(=O)O)c2)cc(Cl)c1OC. The van der Waals surface area contributed by atoms with E-state index in [2.05, 4.69) is 5.32 Å². The van der Waals surface area contributed by atoms with Crippen molar-refractivity contribution < 1.29 is 19.4 Å². The molecule has 0 saturated carbocycles. The number of rotatable bonds is 7. The molecule has 2 aromatic carbocycles. The second kappa shape index (κ2) is 7.74. The summed E-state index contributed by atoms with van der Waals surface area (Å²) in [6.07, 6.45) is 0. The Morgan fingerprint density at radius 3 is 2.74 bits per heavy atom. The minimum atomic E-state index is -0.959. The fraction of sp³-hybridized carbons (Fsp3) is 0.235. The lowest BCUT2D eigenvalue weighted by atomic mass is 10.1. The number of benzene rings is 2. The van der Waals surface area contributed by atoms with Crippen molar-refractivity contribution in [1.82, 2.24) is 0 Å². The Morgan fingerprint density at radius 2 is 2.09 bits per heavy atom. The van der Waals surface area contributed by atoms with Crippen molar-refractivity contribution in [3.63, 3.8) is 0 Å². The highest BCUT2D eigenvalue weighted by molar-refractivity contribution is 6.32. The maximum absolute atomic E-state index is 11.0. The number of ether oxygens (including phenoxy) is 2. The molecule has 0 amide bonds. The molecule has 0 aliphatic carbocycles. The highest BCUT2D eigenvalue weighted by Gasteiger charge is 2.11. The van der Waals surface area contributed by atoms with Crippen LogP contribution in [0.2, 0.25) is 5.02 Å². The predicted molar refractivity (Wildman–Crippen MR) is 89.9 cm³/mol. The van der Waals surface area contributed by atoms with E-state index < -0.39 is 5.97 Å². The van der Waals surface area contributed by atoms with Gasteiger partial charge in [-0.05, 0) is 42.8 Å². The van der Waals surface area contributed by atoms with Gasteiger partial charge in [0.15, 0.2) is 11.5 Å². The van der Waals surface area contributed by atoms with Gasteiger partial charge in [0.25, 0.3) is 0 Å². The topological polar surface area (TPSA) is 67.8 Å². The summed E-state index contributed by atoms with van der Waals surface area (Å²) in [5, 5.41) is 12.6. The number of carboxylic acid groups (broad SMARTS) is 1. The Bertz CT molecular complexity index is 703. The molecule has 0 radical (unpaired) electrons. The van der Waals surface area contributed by atoms with Crippen molar-refractivity contribution in [1.29, 1.82) is 0 Å². The van der Waals surface area contributed by atoms with Crippen LogP contribution in [-0.4, -0.2) is 24.8 Å². The average molecular weight is 336 g/mol. The van der Waals surface area contributed by atoms with E-state index in [1.807, 2.05) is 13.0 Å². The first-order valence-corrected chi connectivity index (χ1v) is 7.49. The summed E-state index contributed by atoms with van der Waals surface area (Å²) in [6, 6.07) is 10.3. The van der Waals surface area contributed by atoms with Gasteiger partial charge in [0.2, 0.25) is 0 Å². The molecule has 2 rings (SSSR count). The van der Waals surface area contributed by atoms with Crippen molar-refractivity contribution >= 4 is 23.3 Å². The van der Waals surface area contributed by atoms with Gasteiger partial charge in [-0.15, -0.1) is 0 Å². The van der Waals surface area contributed by atoms with Gasteiger partial charge in [-0.2, -0.15) is 0 Å². The number of carbonyl (C=O) groups is 1. The van der Waals surface area contributed by atoms with E-state index >= 15 is 0 Å². The summed E-state index contributed by atoms with van der Waals surface area (Å²) in [5.41, 5.74) is 1.85. The Morgan fingerprint density at radius 1 is 1.30 bits per heavy atom. The van der Waals surface area contributed by atoms with Crippen LogP contribution in [0, 0.1) is 0 Å². The van der Waals surface area contributed by atoms with Gasteiger partial charge < -0.3 is 19.9 Å². The number of halogens is 1. The molecular formula is C17H18ClNO4. The van der Waals surface area contributed by atoms with Crippen LogP contribution in [0.25, 0.3) is 0 Å². The van der Waals surface area contributed by atoms with Gasteiger partial charge in [-0.25, -0.2) is 4.79 Å². The molecule has 6 heteroatoms. The van der Waals surface area contributed by atoms with Gasteiger partial charge in [-0.3, -0.25) is 0 Å². The molecule has 0 aliphatic rings. The van der Waals surface area contributed by atoms with E-state index in [1.165, 1.54) is 0 Å². The Hall–Kier alpha value is -2.40. The third-order valence-corrected chi connectivity index (χ3v) is 3.46. The fourth-order valence-corrected chi connectivity index (χ4v) is 2.46. The molecule has 0 bridgehead atoms. The van der Waals surface area contributed by atoms with Gasteiger partial charge in [0.05, 0.1) is 24.3 Å². The first kappa shape index (κ1) is 17.0. The summed E-state index contributed by atoms with van der Waals surface area (Å²) in [5.74, 6) is 0.128. The number of carboxylic acids is 1. The Labute approximate surface area is 139 Å². The zero-order valence-corrected chi connectivity index (χ0v) is 13.7. The minimum Gasteiger partial charge on any atom is -0.491 e. The quantitative estimate of drug-likeness (QED) is 0.798. The van der Waals surface area contributed by atoms with Crippen LogP contribution in [0.3, 0.4) is 0 Å². The molecule has 0 atom stereocenters. The lowest BCUT2D eigenvalue weighted by Crippen LogP contribution is -2.03. The second-order valence-electron chi connectivity index (χ2n) is 4.78. The van der Waals surface area contributed by atoms with Crippen LogP contribution >= 0.6 is 11.6 Å². The molecular weight excluding hydrogens is 318 g/mol. The Kier molecular flexibility index (Phi) is 5.71. The normalized spacial score (nSPS) is 10.2. The maximum Gasteiger partial charge on any atom is 0.335 e. The molecule has 0 aromatic heterocycles. The third-order valence-electron chi connectivity index (χ3n) is 3.18. The third kappa shape index (κ3) is 4.29. The monoisotopic (exact) mass is 335 g/mol. The number of hydrogen-bond donors (Lipinski definition) is 2. The van der Waals surface area contributed by atoms with E-state index in [0.717, 1.165) is 11.3 Å². The minimum absolute atomic E-state index is 0.234. The van der Waals surface area contributed by atoms with E-state index in [4.69, 9.17) is 26.2 Å². The summed E-state index contributed by atoms with van der Waals surface area (Å²) in [6.45, 7) is 2.87. The fourth-order valence-electron chi connectivity index (χ4n) is 2.15.